The molecule has 0 saturated heterocycles. The largest absolute Gasteiger partial charge is 0.126 e. The third kappa shape index (κ3) is 1.68. The number of hydrogen-bond donors (Lipinski definition) is 0. The molecule has 0 aliphatic heterocycles. The predicted molar refractivity (Wildman–Crippen MR) is 68.9 cm³/mol. The van der Waals surface area contributed by atoms with Gasteiger partial charge in [0, 0.05) is 5.88 Å². The molecule has 3 rings (SSSR count). The van der Waals surface area contributed by atoms with Crippen molar-refractivity contribution in [1.29, 1.82) is 0 Å². The topological polar surface area (TPSA) is 0 Å². The Morgan fingerprint density at radius 1 is 1.12 bits per heavy atom. The molecule has 0 amide bonds. The number of rotatable bonds is 3. The summed E-state index contributed by atoms with van der Waals surface area (Å²) in [5.41, 5.74) is 2.02. The molecule has 0 bridgehead atoms. The summed E-state index contributed by atoms with van der Waals surface area (Å²) >= 11 is 6.25. The molecule has 1 heteroatoms. The van der Waals surface area contributed by atoms with Crippen LogP contribution in [0.15, 0.2) is 30.3 Å². The van der Waals surface area contributed by atoms with Crippen LogP contribution in [0.5, 0.6) is 0 Å². The fourth-order valence-electron chi connectivity index (χ4n) is 3.62. The predicted octanol–water partition coefficient (Wildman–Crippen LogP) is 4.59. The van der Waals surface area contributed by atoms with E-state index in [4.69, 9.17) is 11.6 Å². The summed E-state index contributed by atoms with van der Waals surface area (Å²) in [6.45, 7) is 0. The first kappa shape index (κ1) is 10.7. The van der Waals surface area contributed by atoms with Gasteiger partial charge in [-0.3, -0.25) is 0 Å². The van der Waals surface area contributed by atoms with Crippen LogP contribution in [0.1, 0.15) is 43.6 Å². The van der Waals surface area contributed by atoms with E-state index in [-0.39, 0.29) is 0 Å². The quantitative estimate of drug-likeness (QED) is 0.671. The number of hydrogen-bond acceptors (Lipinski definition) is 0. The van der Waals surface area contributed by atoms with Crippen LogP contribution in [0.4, 0.5) is 0 Å². The average molecular weight is 235 g/mol. The highest BCUT2D eigenvalue weighted by Gasteiger charge is 2.53. The van der Waals surface area contributed by atoms with E-state index in [1.165, 1.54) is 37.7 Å². The molecule has 2 unspecified atom stereocenters. The molecule has 16 heavy (non-hydrogen) atoms. The lowest BCUT2D eigenvalue weighted by atomic mass is 9.81. The lowest BCUT2D eigenvalue weighted by Gasteiger charge is -2.26. The molecule has 0 radical (unpaired) electrons. The fourth-order valence-corrected chi connectivity index (χ4v) is 4.09. The molecule has 2 atom stereocenters. The zero-order valence-electron chi connectivity index (χ0n) is 9.66. The van der Waals surface area contributed by atoms with Gasteiger partial charge in [-0.2, -0.15) is 0 Å². The Morgan fingerprint density at radius 2 is 1.81 bits per heavy atom. The van der Waals surface area contributed by atoms with Gasteiger partial charge in [-0.1, -0.05) is 43.2 Å². The van der Waals surface area contributed by atoms with Gasteiger partial charge >= 0.3 is 0 Å². The number of halogens is 1. The van der Waals surface area contributed by atoms with E-state index in [1.807, 2.05) is 0 Å². The van der Waals surface area contributed by atoms with E-state index in [0.717, 1.165) is 17.7 Å². The molecule has 2 aliphatic carbocycles. The molecule has 2 saturated carbocycles. The van der Waals surface area contributed by atoms with Crippen LogP contribution in [-0.2, 0) is 0 Å². The Labute approximate surface area is 103 Å². The highest BCUT2D eigenvalue weighted by Crippen LogP contribution is 2.62. The SMILES string of the molecule is ClCC1(C2CC2c2ccccc2)CCCC1. The minimum absolute atomic E-state index is 0.488. The summed E-state index contributed by atoms with van der Waals surface area (Å²) in [4.78, 5) is 0. The summed E-state index contributed by atoms with van der Waals surface area (Å²) in [7, 11) is 0. The molecule has 0 nitrogen and oxygen atoms in total. The molecule has 86 valence electrons. The van der Waals surface area contributed by atoms with Crippen LogP contribution >= 0.6 is 11.6 Å². The summed E-state index contributed by atoms with van der Waals surface area (Å²) in [5, 5.41) is 0. The van der Waals surface area contributed by atoms with Crippen molar-refractivity contribution >= 4 is 11.6 Å². The number of benzene rings is 1. The van der Waals surface area contributed by atoms with Crippen LogP contribution in [0.2, 0.25) is 0 Å². The van der Waals surface area contributed by atoms with Crippen molar-refractivity contribution in [2.75, 3.05) is 5.88 Å². The van der Waals surface area contributed by atoms with E-state index < -0.39 is 0 Å². The Bertz CT molecular complexity index is 351. The van der Waals surface area contributed by atoms with Gasteiger partial charge < -0.3 is 0 Å². The Morgan fingerprint density at radius 3 is 2.44 bits per heavy atom. The lowest BCUT2D eigenvalue weighted by Crippen LogP contribution is -2.22. The first-order valence-electron chi connectivity index (χ1n) is 6.47. The third-order valence-corrected chi connectivity index (χ3v) is 5.20. The Hall–Kier alpha value is -0.490. The molecule has 0 spiro atoms. The Balaban J connectivity index is 1.76. The average Bonchev–Trinajstić information content (AvgIpc) is 3.02. The van der Waals surface area contributed by atoms with E-state index >= 15 is 0 Å². The molecule has 2 fully saturated rings. The highest BCUT2D eigenvalue weighted by atomic mass is 35.5. The zero-order valence-corrected chi connectivity index (χ0v) is 10.4. The molecule has 1 aromatic rings. The van der Waals surface area contributed by atoms with Crippen molar-refractivity contribution in [3.05, 3.63) is 35.9 Å². The van der Waals surface area contributed by atoms with Gasteiger partial charge in [0.25, 0.3) is 0 Å². The standard InChI is InChI=1S/C15H19Cl/c16-11-15(8-4-5-9-15)14-10-13(14)12-6-2-1-3-7-12/h1-3,6-7,13-14H,4-5,8-11H2. The second-order valence-electron chi connectivity index (χ2n) is 5.56. The second-order valence-corrected chi connectivity index (χ2v) is 5.83. The molecule has 0 N–H and O–H groups in total. The van der Waals surface area contributed by atoms with E-state index in [2.05, 4.69) is 30.3 Å². The minimum Gasteiger partial charge on any atom is -0.126 e. The smallest absolute Gasteiger partial charge is 0.0282 e. The fraction of sp³-hybridized carbons (Fsp3) is 0.600. The molecule has 0 heterocycles. The van der Waals surface area contributed by atoms with Crippen LogP contribution in [0.3, 0.4) is 0 Å². The van der Waals surface area contributed by atoms with Crippen molar-refractivity contribution in [3.8, 4) is 0 Å². The molecule has 1 aromatic carbocycles. The van der Waals surface area contributed by atoms with Crippen molar-refractivity contribution < 1.29 is 0 Å². The van der Waals surface area contributed by atoms with Gasteiger partial charge in [0.2, 0.25) is 0 Å². The Kier molecular flexibility index (Phi) is 2.71. The van der Waals surface area contributed by atoms with Crippen molar-refractivity contribution in [2.24, 2.45) is 11.3 Å². The summed E-state index contributed by atoms with van der Waals surface area (Å²) in [5.74, 6) is 2.55. The van der Waals surface area contributed by atoms with E-state index in [0.29, 0.717) is 5.41 Å². The normalized spacial score (nSPS) is 31.6. The van der Waals surface area contributed by atoms with Crippen LogP contribution < -0.4 is 0 Å². The van der Waals surface area contributed by atoms with E-state index in [9.17, 15) is 0 Å². The second kappa shape index (κ2) is 4.07. The van der Waals surface area contributed by atoms with Crippen molar-refractivity contribution in [3.63, 3.8) is 0 Å². The maximum Gasteiger partial charge on any atom is 0.0282 e. The van der Waals surface area contributed by atoms with Crippen LogP contribution in [0, 0.1) is 11.3 Å². The van der Waals surface area contributed by atoms with Crippen LogP contribution in [-0.4, -0.2) is 5.88 Å². The molecule has 2 aliphatic rings. The van der Waals surface area contributed by atoms with Gasteiger partial charge in [-0.25, -0.2) is 0 Å². The van der Waals surface area contributed by atoms with Gasteiger partial charge in [-0.05, 0) is 42.1 Å². The third-order valence-electron chi connectivity index (χ3n) is 4.67. The first-order chi connectivity index (χ1) is 7.86. The summed E-state index contributed by atoms with van der Waals surface area (Å²) in [6, 6.07) is 11.0. The van der Waals surface area contributed by atoms with Gasteiger partial charge in [-0.15, -0.1) is 11.6 Å². The maximum absolute atomic E-state index is 6.25. The van der Waals surface area contributed by atoms with Crippen LogP contribution in [0.25, 0.3) is 0 Å². The number of alkyl halides is 1. The monoisotopic (exact) mass is 234 g/mol. The molecular formula is C15H19Cl. The van der Waals surface area contributed by atoms with Gasteiger partial charge in [0.15, 0.2) is 0 Å². The maximum atomic E-state index is 6.25. The van der Waals surface area contributed by atoms with E-state index in [1.54, 1.807) is 0 Å². The summed E-state index contributed by atoms with van der Waals surface area (Å²) < 4.78 is 0. The highest BCUT2D eigenvalue weighted by molar-refractivity contribution is 6.18. The first-order valence-corrected chi connectivity index (χ1v) is 7.00. The van der Waals surface area contributed by atoms with Crippen molar-refractivity contribution in [1.82, 2.24) is 0 Å². The van der Waals surface area contributed by atoms with Crippen molar-refractivity contribution in [2.45, 2.75) is 38.0 Å². The summed E-state index contributed by atoms with van der Waals surface area (Å²) in [6.07, 6.45) is 6.89. The lowest BCUT2D eigenvalue weighted by molar-refractivity contribution is 0.283. The van der Waals surface area contributed by atoms with Gasteiger partial charge in [0.1, 0.15) is 0 Å². The molecular weight excluding hydrogens is 216 g/mol. The molecule has 0 aromatic heterocycles. The zero-order chi connectivity index (χ0) is 11.0. The minimum atomic E-state index is 0.488. The van der Waals surface area contributed by atoms with Gasteiger partial charge in [0.05, 0.1) is 0 Å².